The van der Waals surface area contributed by atoms with Crippen LogP contribution in [0.25, 0.3) is 0 Å². The van der Waals surface area contributed by atoms with Gasteiger partial charge in [-0.05, 0) is 81.3 Å². The average molecular weight is 403 g/mol. The third kappa shape index (κ3) is 5.63. The molecule has 0 bridgehead atoms. The van der Waals surface area contributed by atoms with Crippen LogP contribution >= 0.6 is 11.6 Å². The zero-order valence-electron chi connectivity index (χ0n) is 16.6. The van der Waals surface area contributed by atoms with Gasteiger partial charge in [-0.2, -0.15) is 0 Å². The number of carbonyl (C=O) groups excluding carboxylic acids is 1. The van der Waals surface area contributed by atoms with Crippen LogP contribution in [0.1, 0.15) is 24.0 Å². The van der Waals surface area contributed by atoms with E-state index in [9.17, 15) is 4.79 Å². The first kappa shape index (κ1) is 20.5. The second-order valence-electron chi connectivity index (χ2n) is 7.35. The zero-order chi connectivity index (χ0) is 20.1. The number of carbonyl (C=O) groups is 1. The van der Waals surface area contributed by atoms with Gasteiger partial charge in [-0.15, -0.1) is 0 Å². The number of amides is 1. The Labute approximate surface area is 171 Å². The standard InChI is InChI=1S/C22H27ClN2O3/c1-15-12-20(13-16(2)22(15)23)27-14-21(26)24-17-4-6-18(7-5-17)28-19-8-10-25(3)11-9-19/h4-7,12-13,19H,8-11,14H2,1-3H3,(H,24,26). The zero-order valence-corrected chi connectivity index (χ0v) is 17.4. The van der Waals surface area contributed by atoms with Gasteiger partial charge in [-0.1, -0.05) is 11.6 Å². The number of piperidine rings is 1. The second-order valence-corrected chi connectivity index (χ2v) is 7.73. The molecule has 0 aromatic heterocycles. The quantitative estimate of drug-likeness (QED) is 0.775. The van der Waals surface area contributed by atoms with Crippen LogP contribution in [-0.2, 0) is 4.79 Å². The smallest absolute Gasteiger partial charge is 0.262 e. The number of ether oxygens (including phenoxy) is 2. The molecule has 1 N–H and O–H groups in total. The van der Waals surface area contributed by atoms with Crippen molar-refractivity contribution in [1.82, 2.24) is 4.90 Å². The summed E-state index contributed by atoms with van der Waals surface area (Å²) in [6, 6.07) is 11.1. The fraction of sp³-hybridized carbons (Fsp3) is 0.409. The molecular weight excluding hydrogens is 376 g/mol. The number of hydrogen-bond acceptors (Lipinski definition) is 4. The molecule has 2 aromatic rings. The van der Waals surface area contributed by atoms with Crippen LogP contribution in [0.4, 0.5) is 5.69 Å². The maximum absolute atomic E-state index is 12.2. The van der Waals surface area contributed by atoms with E-state index in [0.717, 1.165) is 47.8 Å². The lowest BCUT2D eigenvalue weighted by molar-refractivity contribution is -0.118. The van der Waals surface area contributed by atoms with Gasteiger partial charge in [0.05, 0.1) is 0 Å². The van der Waals surface area contributed by atoms with Crippen LogP contribution in [0, 0.1) is 13.8 Å². The van der Waals surface area contributed by atoms with Crippen molar-refractivity contribution in [2.24, 2.45) is 0 Å². The molecule has 1 saturated heterocycles. The Kier molecular flexibility index (Phi) is 6.81. The van der Waals surface area contributed by atoms with Crippen molar-refractivity contribution in [3.63, 3.8) is 0 Å². The Morgan fingerprint density at radius 3 is 2.32 bits per heavy atom. The van der Waals surface area contributed by atoms with Gasteiger partial charge >= 0.3 is 0 Å². The van der Waals surface area contributed by atoms with Crippen molar-refractivity contribution in [2.45, 2.75) is 32.8 Å². The predicted octanol–water partition coefficient (Wildman–Crippen LogP) is 4.45. The molecule has 0 atom stereocenters. The van der Waals surface area contributed by atoms with Crippen LogP contribution < -0.4 is 14.8 Å². The van der Waals surface area contributed by atoms with Gasteiger partial charge in [0, 0.05) is 23.8 Å². The van der Waals surface area contributed by atoms with E-state index in [1.807, 2.05) is 50.2 Å². The first-order chi connectivity index (χ1) is 13.4. The number of nitrogens with one attached hydrogen (secondary N) is 1. The summed E-state index contributed by atoms with van der Waals surface area (Å²) < 4.78 is 11.6. The van der Waals surface area contributed by atoms with Gasteiger partial charge in [-0.25, -0.2) is 0 Å². The minimum atomic E-state index is -0.214. The van der Waals surface area contributed by atoms with Gasteiger partial charge in [0.2, 0.25) is 0 Å². The summed E-state index contributed by atoms with van der Waals surface area (Å²) in [5.41, 5.74) is 2.57. The van der Waals surface area contributed by atoms with E-state index in [0.29, 0.717) is 11.4 Å². The summed E-state index contributed by atoms with van der Waals surface area (Å²) in [6.07, 6.45) is 2.34. The first-order valence-electron chi connectivity index (χ1n) is 9.55. The number of aryl methyl sites for hydroxylation is 2. The summed E-state index contributed by atoms with van der Waals surface area (Å²) >= 11 is 6.15. The number of halogens is 1. The van der Waals surface area contributed by atoms with E-state index in [-0.39, 0.29) is 18.6 Å². The summed E-state index contributed by atoms with van der Waals surface area (Å²) in [5, 5.41) is 3.56. The molecule has 1 amide bonds. The Morgan fingerprint density at radius 2 is 1.71 bits per heavy atom. The lowest BCUT2D eigenvalue weighted by Gasteiger charge is -2.29. The van der Waals surface area contributed by atoms with Crippen molar-refractivity contribution >= 4 is 23.2 Å². The Balaban J connectivity index is 1.48. The molecule has 1 aliphatic rings. The molecule has 6 heteroatoms. The summed E-state index contributed by atoms with van der Waals surface area (Å²) in [6.45, 7) is 5.89. The van der Waals surface area contributed by atoms with Crippen molar-refractivity contribution in [1.29, 1.82) is 0 Å². The maximum atomic E-state index is 12.2. The predicted molar refractivity (Wildman–Crippen MR) is 113 cm³/mol. The van der Waals surface area contributed by atoms with Crippen molar-refractivity contribution in [3.8, 4) is 11.5 Å². The molecule has 3 rings (SSSR count). The van der Waals surface area contributed by atoms with E-state index in [4.69, 9.17) is 21.1 Å². The molecule has 0 radical (unpaired) electrons. The summed E-state index contributed by atoms with van der Waals surface area (Å²) in [7, 11) is 2.13. The molecule has 1 heterocycles. The Hall–Kier alpha value is -2.24. The number of anilines is 1. The number of benzene rings is 2. The molecule has 1 aliphatic heterocycles. The van der Waals surface area contributed by atoms with Crippen molar-refractivity contribution < 1.29 is 14.3 Å². The molecule has 5 nitrogen and oxygen atoms in total. The van der Waals surface area contributed by atoms with Gasteiger partial charge < -0.3 is 19.7 Å². The Bertz CT molecular complexity index is 792. The van der Waals surface area contributed by atoms with E-state index < -0.39 is 0 Å². The van der Waals surface area contributed by atoms with Crippen LogP contribution in [-0.4, -0.2) is 43.7 Å². The minimum absolute atomic E-state index is 0.0612. The molecule has 1 fully saturated rings. The highest BCUT2D eigenvalue weighted by Crippen LogP contribution is 2.26. The van der Waals surface area contributed by atoms with Crippen molar-refractivity contribution in [2.75, 3.05) is 32.1 Å². The van der Waals surface area contributed by atoms with Crippen LogP contribution in [0.5, 0.6) is 11.5 Å². The van der Waals surface area contributed by atoms with Gasteiger partial charge in [0.1, 0.15) is 17.6 Å². The second kappa shape index (κ2) is 9.30. The topological polar surface area (TPSA) is 50.8 Å². The van der Waals surface area contributed by atoms with Gasteiger partial charge in [-0.3, -0.25) is 4.79 Å². The SMILES string of the molecule is Cc1cc(OCC(=O)Nc2ccc(OC3CCN(C)CC3)cc2)cc(C)c1Cl. The highest BCUT2D eigenvalue weighted by atomic mass is 35.5. The molecule has 28 heavy (non-hydrogen) atoms. The van der Waals surface area contributed by atoms with Crippen LogP contribution in [0.15, 0.2) is 36.4 Å². The summed E-state index contributed by atoms with van der Waals surface area (Å²) in [4.78, 5) is 14.5. The normalized spacial score (nSPS) is 15.3. The van der Waals surface area contributed by atoms with Crippen LogP contribution in [0.3, 0.4) is 0 Å². The molecule has 0 aliphatic carbocycles. The number of hydrogen-bond donors (Lipinski definition) is 1. The first-order valence-corrected chi connectivity index (χ1v) is 9.93. The van der Waals surface area contributed by atoms with E-state index >= 15 is 0 Å². The fourth-order valence-corrected chi connectivity index (χ4v) is 3.36. The molecule has 2 aromatic carbocycles. The number of likely N-dealkylation sites (tertiary alicyclic amines) is 1. The lowest BCUT2D eigenvalue weighted by atomic mass is 10.1. The molecule has 0 saturated carbocycles. The molecule has 0 spiro atoms. The highest BCUT2D eigenvalue weighted by Gasteiger charge is 2.18. The minimum Gasteiger partial charge on any atom is -0.490 e. The third-order valence-corrected chi connectivity index (χ3v) is 5.48. The lowest BCUT2D eigenvalue weighted by Crippen LogP contribution is -2.35. The third-order valence-electron chi connectivity index (χ3n) is 4.89. The fourth-order valence-electron chi connectivity index (χ4n) is 3.25. The maximum Gasteiger partial charge on any atom is 0.262 e. The molecular formula is C22H27ClN2O3. The highest BCUT2D eigenvalue weighted by molar-refractivity contribution is 6.32. The van der Waals surface area contributed by atoms with E-state index in [1.165, 1.54) is 0 Å². The van der Waals surface area contributed by atoms with Gasteiger partial charge in [0.25, 0.3) is 5.91 Å². The molecule has 0 unspecified atom stereocenters. The number of rotatable bonds is 6. The van der Waals surface area contributed by atoms with Crippen molar-refractivity contribution in [3.05, 3.63) is 52.5 Å². The summed E-state index contributed by atoms with van der Waals surface area (Å²) in [5.74, 6) is 1.25. The monoisotopic (exact) mass is 402 g/mol. The van der Waals surface area contributed by atoms with E-state index in [2.05, 4.69) is 17.3 Å². The largest absolute Gasteiger partial charge is 0.490 e. The van der Waals surface area contributed by atoms with Crippen LogP contribution in [0.2, 0.25) is 5.02 Å². The number of nitrogens with zero attached hydrogens (tertiary/aromatic N) is 1. The Morgan fingerprint density at radius 1 is 1.11 bits per heavy atom. The average Bonchev–Trinajstić information content (AvgIpc) is 2.67. The molecule has 150 valence electrons. The van der Waals surface area contributed by atoms with Gasteiger partial charge in [0.15, 0.2) is 6.61 Å². The van der Waals surface area contributed by atoms with E-state index in [1.54, 1.807) is 0 Å².